The molecule has 0 saturated carbocycles. The van der Waals surface area contributed by atoms with Gasteiger partial charge in [-0.1, -0.05) is 29.8 Å². The molecule has 0 spiro atoms. The molecule has 5 heteroatoms. The summed E-state index contributed by atoms with van der Waals surface area (Å²) >= 11 is 5.97. The van der Waals surface area contributed by atoms with Crippen molar-refractivity contribution in [3.8, 4) is 11.5 Å². The average molecular weight is 353 g/mol. The van der Waals surface area contributed by atoms with Gasteiger partial charge < -0.3 is 13.9 Å². The van der Waals surface area contributed by atoms with Crippen LogP contribution in [0.3, 0.4) is 0 Å². The van der Waals surface area contributed by atoms with Crippen LogP contribution in [0.1, 0.15) is 10.4 Å². The average Bonchev–Trinajstić information content (AvgIpc) is 2.99. The summed E-state index contributed by atoms with van der Waals surface area (Å²) in [7, 11) is 1.49. The largest absolute Gasteiger partial charge is 0.496 e. The molecular formula is C20H13ClO4. The van der Waals surface area contributed by atoms with Gasteiger partial charge in [0, 0.05) is 15.8 Å². The first-order valence-corrected chi connectivity index (χ1v) is 8.00. The van der Waals surface area contributed by atoms with Gasteiger partial charge in [-0.15, -0.1) is 0 Å². The number of hydrogen-bond acceptors (Lipinski definition) is 4. The van der Waals surface area contributed by atoms with Crippen LogP contribution in [0, 0.1) is 0 Å². The van der Waals surface area contributed by atoms with Crippen molar-refractivity contribution < 1.29 is 18.7 Å². The SMILES string of the molecule is COc1ccc(Cl)cc1C(=O)Oc1ccc2oc3ccccc3c2c1. The topological polar surface area (TPSA) is 48.7 Å². The van der Waals surface area contributed by atoms with Crippen LogP contribution in [-0.2, 0) is 0 Å². The molecule has 0 fully saturated rings. The van der Waals surface area contributed by atoms with E-state index in [2.05, 4.69) is 0 Å². The quantitative estimate of drug-likeness (QED) is 0.362. The second-order valence-corrected chi connectivity index (χ2v) is 5.93. The first-order chi connectivity index (χ1) is 12.2. The highest BCUT2D eigenvalue weighted by Gasteiger charge is 2.16. The van der Waals surface area contributed by atoms with Gasteiger partial charge in [0.25, 0.3) is 0 Å². The molecule has 124 valence electrons. The van der Waals surface area contributed by atoms with Crippen LogP contribution in [0.2, 0.25) is 5.02 Å². The summed E-state index contributed by atoms with van der Waals surface area (Å²) < 4.78 is 16.5. The van der Waals surface area contributed by atoms with E-state index in [-0.39, 0.29) is 5.56 Å². The molecule has 4 rings (SSSR count). The van der Waals surface area contributed by atoms with E-state index >= 15 is 0 Å². The van der Waals surface area contributed by atoms with Crippen molar-refractivity contribution in [2.75, 3.05) is 7.11 Å². The van der Waals surface area contributed by atoms with Gasteiger partial charge in [0.05, 0.1) is 7.11 Å². The number of para-hydroxylation sites is 1. The lowest BCUT2D eigenvalue weighted by atomic mass is 10.1. The van der Waals surface area contributed by atoms with Crippen LogP contribution in [-0.4, -0.2) is 13.1 Å². The second-order valence-electron chi connectivity index (χ2n) is 5.49. The highest BCUT2D eigenvalue weighted by Crippen LogP contribution is 2.32. The molecule has 0 saturated heterocycles. The maximum atomic E-state index is 12.5. The maximum Gasteiger partial charge on any atom is 0.347 e. The van der Waals surface area contributed by atoms with Crippen LogP contribution < -0.4 is 9.47 Å². The minimum absolute atomic E-state index is 0.271. The van der Waals surface area contributed by atoms with E-state index in [0.717, 1.165) is 21.9 Å². The Bertz CT molecular complexity index is 1100. The van der Waals surface area contributed by atoms with Crippen molar-refractivity contribution in [1.82, 2.24) is 0 Å². The standard InChI is InChI=1S/C20H13ClO4/c1-23-17-8-6-12(21)10-16(17)20(22)24-13-7-9-19-15(11-13)14-4-2-3-5-18(14)25-19/h2-11H,1H3. The van der Waals surface area contributed by atoms with E-state index in [4.69, 9.17) is 25.5 Å². The van der Waals surface area contributed by atoms with E-state index < -0.39 is 5.97 Å². The number of halogens is 1. The van der Waals surface area contributed by atoms with Crippen LogP contribution in [0.25, 0.3) is 21.9 Å². The van der Waals surface area contributed by atoms with Gasteiger partial charge in [0.15, 0.2) is 0 Å². The fourth-order valence-electron chi connectivity index (χ4n) is 2.77. The molecule has 0 bridgehead atoms. The normalized spacial score (nSPS) is 11.0. The Labute approximate surface area is 148 Å². The van der Waals surface area contributed by atoms with Crippen molar-refractivity contribution in [3.63, 3.8) is 0 Å². The summed E-state index contributed by atoms with van der Waals surface area (Å²) in [6.45, 7) is 0. The number of benzene rings is 3. The Morgan fingerprint density at radius 2 is 1.76 bits per heavy atom. The third-order valence-electron chi connectivity index (χ3n) is 3.94. The summed E-state index contributed by atoms with van der Waals surface area (Å²) in [5.41, 5.74) is 1.80. The van der Waals surface area contributed by atoms with Crippen molar-refractivity contribution in [2.45, 2.75) is 0 Å². The van der Waals surface area contributed by atoms with Gasteiger partial charge in [-0.05, 0) is 42.5 Å². The number of hydrogen-bond donors (Lipinski definition) is 0. The van der Waals surface area contributed by atoms with Gasteiger partial charge >= 0.3 is 5.97 Å². The summed E-state index contributed by atoms with van der Waals surface area (Å²) in [6.07, 6.45) is 0. The number of rotatable bonds is 3. The molecule has 4 nitrogen and oxygen atoms in total. The van der Waals surface area contributed by atoms with Crippen molar-refractivity contribution in [1.29, 1.82) is 0 Å². The van der Waals surface area contributed by atoms with Crippen molar-refractivity contribution >= 4 is 39.5 Å². The third kappa shape index (κ3) is 2.81. The summed E-state index contributed by atoms with van der Waals surface area (Å²) in [5, 5.41) is 2.29. The lowest BCUT2D eigenvalue weighted by Crippen LogP contribution is -2.10. The molecule has 25 heavy (non-hydrogen) atoms. The zero-order chi connectivity index (χ0) is 17.4. The van der Waals surface area contributed by atoms with Crippen molar-refractivity contribution in [2.24, 2.45) is 0 Å². The van der Waals surface area contributed by atoms with Gasteiger partial charge in [0.1, 0.15) is 28.2 Å². The molecule has 3 aromatic carbocycles. The first kappa shape index (κ1) is 15.5. The summed E-state index contributed by atoms with van der Waals surface area (Å²) in [5.74, 6) is 0.293. The Morgan fingerprint density at radius 3 is 2.60 bits per heavy atom. The summed E-state index contributed by atoms with van der Waals surface area (Å²) in [6, 6.07) is 17.8. The van der Waals surface area contributed by atoms with Crippen LogP contribution >= 0.6 is 11.6 Å². The number of esters is 1. The fourth-order valence-corrected chi connectivity index (χ4v) is 2.94. The third-order valence-corrected chi connectivity index (χ3v) is 4.18. The Balaban J connectivity index is 1.72. The number of carbonyl (C=O) groups is 1. The minimum Gasteiger partial charge on any atom is -0.496 e. The molecule has 0 atom stereocenters. The lowest BCUT2D eigenvalue weighted by Gasteiger charge is -2.09. The predicted molar refractivity (Wildman–Crippen MR) is 96.7 cm³/mol. The summed E-state index contributed by atoms with van der Waals surface area (Å²) in [4.78, 5) is 12.5. The molecule has 0 unspecified atom stereocenters. The molecule has 0 aliphatic rings. The monoisotopic (exact) mass is 352 g/mol. The van der Waals surface area contributed by atoms with E-state index in [9.17, 15) is 4.79 Å². The van der Waals surface area contributed by atoms with Gasteiger partial charge in [-0.25, -0.2) is 4.79 Å². The number of ether oxygens (including phenoxy) is 2. The number of methoxy groups -OCH3 is 1. The van der Waals surface area contributed by atoms with Crippen LogP contribution in [0.15, 0.2) is 65.1 Å². The molecule has 4 aromatic rings. The van der Waals surface area contributed by atoms with E-state index in [1.165, 1.54) is 13.2 Å². The Kier molecular flexibility index (Phi) is 3.82. The minimum atomic E-state index is -0.536. The molecule has 1 aromatic heterocycles. The number of fused-ring (bicyclic) bond motifs is 3. The van der Waals surface area contributed by atoms with E-state index in [0.29, 0.717) is 16.5 Å². The molecular weight excluding hydrogens is 340 g/mol. The van der Waals surface area contributed by atoms with Gasteiger partial charge in [0.2, 0.25) is 0 Å². The van der Waals surface area contributed by atoms with E-state index in [1.807, 2.05) is 24.3 Å². The lowest BCUT2D eigenvalue weighted by molar-refractivity contribution is 0.0731. The smallest absolute Gasteiger partial charge is 0.347 e. The molecule has 0 aliphatic carbocycles. The van der Waals surface area contributed by atoms with Crippen LogP contribution in [0.4, 0.5) is 0 Å². The van der Waals surface area contributed by atoms with Gasteiger partial charge in [-0.3, -0.25) is 0 Å². The highest BCUT2D eigenvalue weighted by atomic mass is 35.5. The Hall–Kier alpha value is -2.98. The molecule has 0 radical (unpaired) electrons. The first-order valence-electron chi connectivity index (χ1n) is 7.63. The van der Waals surface area contributed by atoms with E-state index in [1.54, 1.807) is 30.3 Å². The number of furan rings is 1. The highest BCUT2D eigenvalue weighted by molar-refractivity contribution is 6.31. The maximum absolute atomic E-state index is 12.5. The molecule has 0 amide bonds. The molecule has 0 aliphatic heterocycles. The fraction of sp³-hybridized carbons (Fsp3) is 0.0500. The van der Waals surface area contributed by atoms with Crippen molar-refractivity contribution in [3.05, 3.63) is 71.2 Å². The molecule has 0 N–H and O–H groups in total. The van der Waals surface area contributed by atoms with Gasteiger partial charge in [-0.2, -0.15) is 0 Å². The number of carbonyl (C=O) groups excluding carboxylic acids is 1. The second kappa shape index (κ2) is 6.15. The molecule has 1 heterocycles. The zero-order valence-electron chi connectivity index (χ0n) is 13.3. The zero-order valence-corrected chi connectivity index (χ0v) is 14.0. The predicted octanol–water partition coefficient (Wildman–Crippen LogP) is 5.47. The van der Waals surface area contributed by atoms with Crippen LogP contribution in [0.5, 0.6) is 11.5 Å². The Morgan fingerprint density at radius 1 is 0.960 bits per heavy atom.